The maximum Gasteiger partial charge on any atom is 0.472 e. The Morgan fingerprint density at radius 3 is 1.64 bits per heavy atom. The molecule has 0 saturated carbocycles. The zero-order valence-corrected chi connectivity index (χ0v) is 16.8. The fourth-order valence-corrected chi connectivity index (χ4v) is 1.73. The van der Waals surface area contributed by atoms with Crippen LogP contribution in [0.2, 0.25) is 0 Å². The third kappa shape index (κ3) is 11.3. The van der Waals surface area contributed by atoms with E-state index in [0.717, 1.165) is 0 Å². The zero-order valence-electron chi connectivity index (χ0n) is 11.9. The maximum absolute atomic E-state index is 10.5. The van der Waals surface area contributed by atoms with E-state index >= 15 is 0 Å². The van der Waals surface area contributed by atoms with Gasteiger partial charge in [0.2, 0.25) is 0 Å². The first kappa shape index (κ1) is 39.0. The van der Waals surface area contributed by atoms with Gasteiger partial charge in [0.15, 0.2) is 6.29 Å². The molecule has 0 aromatic carbocycles. The van der Waals surface area contributed by atoms with Crippen LogP contribution in [0.4, 0.5) is 0 Å². The predicted molar refractivity (Wildman–Crippen MR) is 72.9 cm³/mol. The van der Waals surface area contributed by atoms with Gasteiger partial charge in [-0.25, -0.2) is 4.57 Å². The molecule has 5 atom stereocenters. The van der Waals surface area contributed by atoms with Gasteiger partial charge in [0.25, 0.3) is 0 Å². The number of hydrogen-bond donors (Lipinski definition) is 6. The number of aliphatic hydroxyl groups excluding tert-OH is 4. The summed E-state index contributed by atoms with van der Waals surface area (Å²) in [5.41, 5.74) is 0. The van der Waals surface area contributed by atoms with Crippen molar-refractivity contribution in [3.8, 4) is 0 Å². The molecule has 13 nitrogen and oxygen atoms in total. The Morgan fingerprint density at radius 2 is 1.32 bits per heavy atom. The molecule has 0 bridgehead atoms. The largest absolute Gasteiger partial charge is 0.472 e. The van der Waals surface area contributed by atoms with Gasteiger partial charge in [-0.1, -0.05) is 0 Å². The number of rotatable bonds is 3. The van der Waals surface area contributed by atoms with Crippen LogP contribution >= 0.6 is 7.82 Å². The van der Waals surface area contributed by atoms with Gasteiger partial charge in [0.05, 0.1) is 6.61 Å². The molecule has 1 aliphatic rings. The molecule has 0 aliphatic carbocycles. The SMILES string of the molecule is O.O.O.O.O=P(O)(O)O[C@H]1O[C@H](CO)[C@@H](O)[C@H](O)[C@H]1O.[Na].[Na]. The van der Waals surface area contributed by atoms with E-state index in [-0.39, 0.29) is 81.0 Å². The van der Waals surface area contributed by atoms with Gasteiger partial charge in [0.1, 0.15) is 24.4 Å². The standard InChI is InChI=1S/C6H13O9P.2Na.4H2O/c7-1-2-3(8)4(9)5(10)6(14-2)15-16(11,12)13;;;;;;/h2-10H,1H2,(H2,11,12,13);;;4*1H2/t2-,3-,4+,5-,6-;;;;;;/m1....../s1. The van der Waals surface area contributed by atoms with Gasteiger partial charge in [-0.3, -0.25) is 4.52 Å². The topological polar surface area (TPSA) is 283 Å². The summed E-state index contributed by atoms with van der Waals surface area (Å²) in [7, 11) is -4.91. The molecule has 22 heavy (non-hydrogen) atoms. The Labute approximate surface area is 169 Å². The summed E-state index contributed by atoms with van der Waals surface area (Å²) in [6.45, 7) is -0.702. The van der Waals surface area contributed by atoms with Crippen LogP contribution in [-0.4, -0.2) is 149 Å². The normalized spacial score (nSPS) is 29.8. The molecule has 16 heteroatoms. The third-order valence-electron chi connectivity index (χ3n) is 2.09. The smallest absolute Gasteiger partial charge is 0.412 e. The van der Waals surface area contributed by atoms with Crippen LogP contribution < -0.4 is 0 Å². The Kier molecular flexibility index (Phi) is 28.8. The van der Waals surface area contributed by atoms with E-state index in [1.54, 1.807) is 0 Å². The number of ether oxygens (including phenoxy) is 1. The van der Waals surface area contributed by atoms with Crippen LogP contribution in [-0.2, 0) is 13.8 Å². The van der Waals surface area contributed by atoms with Crippen LogP contribution in [0.3, 0.4) is 0 Å². The van der Waals surface area contributed by atoms with Crippen LogP contribution in [0.5, 0.6) is 0 Å². The molecule has 0 spiro atoms. The molecule has 1 aliphatic heterocycles. The molecule has 1 saturated heterocycles. The van der Waals surface area contributed by atoms with Gasteiger partial charge < -0.3 is 56.9 Å². The summed E-state index contributed by atoms with van der Waals surface area (Å²) in [6, 6.07) is 0. The first-order valence-electron chi connectivity index (χ1n) is 4.30. The molecule has 14 N–H and O–H groups in total. The summed E-state index contributed by atoms with van der Waals surface area (Å²) >= 11 is 0. The summed E-state index contributed by atoms with van der Waals surface area (Å²) in [4.78, 5) is 17.0. The van der Waals surface area contributed by atoms with Crippen LogP contribution in [0, 0.1) is 0 Å². The van der Waals surface area contributed by atoms with Crippen molar-refractivity contribution in [1.82, 2.24) is 0 Å². The van der Waals surface area contributed by atoms with Gasteiger partial charge in [-0.05, 0) is 0 Å². The summed E-state index contributed by atoms with van der Waals surface area (Å²) in [5.74, 6) is 0. The Balaban J connectivity index is -0.000000107. The second kappa shape index (κ2) is 16.2. The molecule has 0 aromatic heterocycles. The Morgan fingerprint density at radius 1 is 0.909 bits per heavy atom. The number of phosphoric ester groups is 1. The van der Waals surface area contributed by atoms with E-state index in [4.69, 9.17) is 14.9 Å². The average molecular weight is 378 g/mol. The van der Waals surface area contributed by atoms with Gasteiger partial charge in [-0.2, -0.15) is 0 Å². The number of phosphoric acid groups is 1. The molecule has 0 amide bonds. The summed E-state index contributed by atoms with van der Waals surface area (Å²) in [5, 5.41) is 36.6. The van der Waals surface area contributed by atoms with E-state index in [9.17, 15) is 19.9 Å². The zero-order chi connectivity index (χ0) is 12.5. The van der Waals surface area contributed by atoms with Crippen LogP contribution in [0.25, 0.3) is 0 Å². The Hall–Kier alpha value is 1.75. The van der Waals surface area contributed by atoms with Crippen molar-refractivity contribution >= 4 is 66.9 Å². The fourth-order valence-electron chi connectivity index (χ4n) is 1.29. The Bertz CT molecular complexity index is 288. The minimum atomic E-state index is -4.91. The fraction of sp³-hybridized carbons (Fsp3) is 1.00. The van der Waals surface area contributed by atoms with Crippen molar-refractivity contribution < 1.29 is 65.9 Å². The predicted octanol–water partition coefficient (Wildman–Crippen LogP) is -7.16. The first-order chi connectivity index (χ1) is 7.26. The average Bonchev–Trinajstić information content (AvgIpc) is 2.17. The minimum absolute atomic E-state index is 0. The van der Waals surface area contributed by atoms with E-state index in [0.29, 0.717) is 0 Å². The number of hydrogen-bond acceptors (Lipinski definition) is 7. The van der Waals surface area contributed by atoms with Crippen molar-refractivity contribution in [2.75, 3.05) is 6.61 Å². The van der Waals surface area contributed by atoms with Crippen molar-refractivity contribution in [2.24, 2.45) is 0 Å². The van der Waals surface area contributed by atoms with Crippen molar-refractivity contribution in [2.45, 2.75) is 30.7 Å². The quantitative estimate of drug-likeness (QED) is 0.200. The molecule has 1 heterocycles. The van der Waals surface area contributed by atoms with E-state index in [1.165, 1.54) is 0 Å². The monoisotopic (exact) mass is 378 g/mol. The first-order valence-corrected chi connectivity index (χ1v) is 5.83. The van der Waals surface area contributed by atoms with Crippen molar-refractivity contribution in [3.63, 3.8) is 0 Å². The molecule has 1 rings (SSSR count). The van der Waals surface area contributed by atoms with Gasteiger partial charge in [0, 0.05) is 59.1 Å². The van der Waals surface area contributed by atoms with Gasteiger partial charge >= 0.3 is 7.82 Å². The van der Waals surface area contributed by atoms with E-state index in [2.05, 4.69) is 9.26 Å². The molecule has 0 aromatic rings. The molecular weight excluding hydrogens is 357 g/mol. The second-order valence-corrected chi connectivity index (χ2v) is 4.49. The van der Waals surface area contributed by atoms with E-state index < -0.39 is 45.1 Å². The van der Waals surface area contributed by atoms with Crippen molar-refractivity contribution in [1.29, 1.82) is 0 Å². The molecule has 130 valence electrons. The third-order valence-corrected chi connectivity index (χ3v) is 2.57. The van der Waals surface area contributed by atoms with Crippen molar-refractivity contribution in [3.05, 3.63) is 0 Å². The molecule has 2 radical (unpaired) electrons. The van der Waals surface area contributed by atoms with Crippen LogP contribution in [0.1, 0.15) is 0 Å². The summed E-state index contributed by atoms with van der Waals surface area (Å²) < 4.78 is 19.2. The minimum Gasteiger partial charge on any atom is -0.412 e. The maximum atomic E-state index is 10.5. The molecular formula is C6H21Na2O13P. The molecule has 0 unspecified atom stereocenters. The summed E-state index contributed by atoms with van der Waals surface area (Å²) in [6.07, 6.45) is -8.25. The molecule has 1 fully saturated rings. The van der Waals surface area contributed by atoms with Gasteiger partial charge in [-0.15, -0.1) is 0 Å². The second-order valence-electron chi connectivity index (χ2n) is 3.29. The van der Waals surface area contributed by atoms with E-state index in [1.807, 2.05) is 0 Å². The number of aliphatic hydroxyl groups is 4. The van der Waals surface area contributed by atoms with Crippen LogP contribution in [0.15, 0.2) is 0 Å².